The molecule has 10 unspecified atom stereocenters. The Balaban J connectivity index is 0.00000180. The predicted octanol–water partition coefficient (Wildman–Crippen LogP) is 8.38. The molecule has 0 aromatic heterocycles. The van der Waals surface area contributed by atoms with Gasteiger partial charge in [0.15, 0.2) is 0 Å². The van der Waals surface area contributed by atoms with Gasteiger partial charge < -0.3 is 19.7 Å². The van der Waals surface area contributed by atoms with E-state index in [0.717, 1.165) is 32.1 Å². The fourth-order valence-electron chi connectivity index (χ4n) is 12.5. The minimum Gasteiger partial charge on any atom is -0.508 e. The quantitative estimate of drug-likeness (QED) is 0.271. The van der Waals surface area contributed by atoms with Gasteiger partial charge in [-0.15, -0.1) is 0 Å². The second-order valence-corrected chi connectivity index (χ2v) is 16.6. The molecule has 238 valence electrons. The number of rotatable bonds is 4. The van der Waals surface area contributed by atoms with Gasteiger partial charge in [-0.3, -0.25) is 0 Å². The summed E-state index contributed by atoms with van der Waals surface area (Å²) in [4.78, 5) is 21.1. The molecular formula is C38H56O5. The summed E-state index contributed by atoms with van der Waals surface area (Å²) in [6, 6.07) is 6.52. The maximum absolute atomic E-state index is 13.1. The van der Waals surface area contributed by atoms with Crippen molar-refractivity contribution in [3.63, 3.8) is 0 Å². The first kappa shape index (κ1) is 32.3. The number of phenols is 1. The van der Waals surface area contributed by atoms with E-state index in [9.17, 15) is 15.0 Å². The van der Waals surface area contributed by atoms with Crippen molar-refractivity contribution in [1.82, 2.24) is 0 Å². The molecule has 5 saturated carbocycles. The topological polar surface area (TPSA) is 83.8 Å². The van der Waals surface area contributed by atoms with Crippen LogP contribution in [0.2, 0.25) is 0 Å². The molecular weight excluding hydrogens is 536 g/mol. The number of fused-ring (bicyclic) bond motifs is 7. The van der Waals surface area contributed by atoms with Crippen LogP contribution in [0.25, 0.3) is 0 Å². The molecule has 1 aromatic rings. The lowest BCUT2D eigenvalue weighted by Crippen LogP contribution is -2.66. The highest BCUT2D eigenvalue weighted by Crippen LogP contribution is 2.77. The fraction of sp³-hybridized carbons (Fsp3) is 0.737. The molecule has 2 N–H and O–H groups in total. The number of aliphatic hydroxyl groups is 1. The minimum absolute atomic E-state index is 0.00151. The van der Waals surface area contributed by atoms with Crippen molar-refractivity contribution in [2.75, 3.05) is 6.61 Å². The van der Waals surface area contributed by atoms with E-state index in [1.54, 1.807) is 18.2 Å². The van der Waals surface area contributed by atoms with Crippen molar-refractivity contribution >= 4 is 12.8 Å². The number of allylic oxidation sites excluding steroid dienone is 1. The predicted molar refractivity (Wildman–Crippen MR) is 170 cm³/mol. The van der Waals surface area contributed by atoms with Crippen LogP contribution in [-0.4, -0.2) is 35.7 Å². The highest BCUT2D eigenvalue weighted by atomic mass is 16.5. The van der Waals surface area contributed by atoms with Gasteiger partial charge in [-0.25, -0.2) is 4.79 Å². The van der Waals surface area contributed by atoms with Gasteiger partial charge in [-0.1, -0.05) is 52.8 Å². The fourth-order valence-corrected chi connectivity index (χ4v) is 12.5. The lowest BCUT2D eigenvalue weighted by molar-refractivity contribution is -0.249. The summed E-state index contributed by atoms with van der Waals surface area (Å²) in [7, 11) is 0. The Hall–Kier alpha value is -2.14. The number of phenolic OH excluding ortho intramolecular Hbond substituents is 1. The molecule has 0 aliphatic heterocycles. The van der Waals surface area contributed by atoms with Crippen molar-refractivity contribution < 1.29 is 24.5 Å². The van der Waals surface area contributed by atoms with E-state index < -0.39 is 0 Å². The molecule has 0 heterocycles. The summed E-state index contributed by atoms with van der Waals surface area (Å²) in [6.07, 6.45) is 11.4. The number of hydrogen-bond donors (Lipinski definition) is 2. The Morgan fingerprint density at radius 3 is 2.30 bits per heavy atom. The number of esters is 1. The Labute approximate surface area is 259 Å². The number of aliphatic hydroxyl groups excluding tert-OH is 1. The number of carbonyl (C=O) groups excluding carboxylic acids is 2. The second-order valence-electron chi connectivity index (χ2n) is 16.6. The van der Waals surface area contributed by atoms with Crippen molar-refractivity contribution in [3.05, 3.63) is 42.0 Å². The number of ether oxygens (including phenoxy) is 1. The van der Waals surface area contributed by atoms with Gasteiger partial charge in [-0.05, 0) is 141 Å². The van der Waals surface area contributed by atoms with E-state index in [4.69, 9.17) is 9.53 Å². The summed E-state index contributed by atoms with van der Waals surface area (Å²) in [5, 5.41) is 20.9. The summed E-state index contributed by atoms with van der Waals surface area (Å²) < 4.78 is 6.12. The number of aromatic hydroxyl groups is 1. The maximum Gasteiger partial charge on any atom is 0.338 e. The number of benzene rings is 1. The normalized spacial score (nSPS) is 44.3. The average molecular weight is 593 g/mol. The first-order valence-electron chi connectivity index (χ1n) is 16.8. The SMILES string of the molecule is C=C(C)C1CCC2(COC(=O)c3cccc(O)c3)CCC3(C)C(CCC4C5(C)CCC(O)C(C)(C)C5CCC43C)C12.C=O. The molecule has 5 aliphatic carbocycles. The molecule has 5 nitrogen and oxygen atoms in total. The van der Waals surface area contributed by atoms with Crippen molar-refractivity contribution in [2.24, 2.45) is 56.7 Å². The monoisotopic (exact) mass is 592 g/mol. The van der Waals surface area contributed by atoms with Crippen LogP contribution < -0.4 is 0 Å². The summed E-state index contributed by atoms with van der Waals surface area (Å²) >= 11 is 0. The molecule has 0 spiro atoms. The van der Waals surface area contributed by atoms with Crippen LogP contribution in [0.15, 0.2) is 36.4 Å². The highest BCUT2D eigenvalue weighted by Gasteiger charge is 2.71. The van der Waals surface area contributed by atoms with Crippen molar-refractivity contribution in [2.45, 2.75) is 112 Å². The lowest BCUT2D eigenvalue weighted by Gasteiger charge is -2.73. The molecule has 0 amide bonds. The number of hydrogen-bond acceptors (Lipinski definition) is 5. The molecule has 1 aromatic carbocycles. The molecule has 5 aliphatic rings. The van der Waals surface area contributed by atoms with Crippen LogP contribution >= 0.6 is 0 Å². The molecule has 0 bridgehead atoms. The van der Waals surface area contributed by atoms with Crippen LogP contribution in [0.1, 0.15) is 116 Å². The first-order valence-corrected chi connectivity index (χ1v) is 16.8. The zero-order valence-corrected chi connectivity index (χ0v) is 27.6. The molecule has 43 heavy (non-hydrogen) atoms. The van der Waals surface area contributed by atoms with Gasteiger partial charge in [0.1, 0.15) is 12.5 Å². The Morgan fingerprint density at radius 2 is 1.63 bits per heavy atom. The molecule has 0 saturated heterocycles. The van der Waals surface area contributed by atoms with Crippen LogP contribution in [0.4, 0.5) is 0 Å². The standard InChI is InChI=1S/C37H54O4.CH2O/c1-23(2)26-13-18-37(22-41-32(40)24-9-8-10-25(38)21-24)20-19-35(6)27(31(26)37)11-12-29-34(5)16-15-30(39)33(3,4)28(34)14-17-36(29,35)7;1-2/h8-10,21,26-31,38-39H,1,11-20,22H2,2-7H3;1H2. The summed E-state index contributed by atoms with van der Waals surface area (Å²) in [5.41, 5.74) is 2.49. The van der Waals surface area contributed by atoms with E-state index in [0.29, 0.717) is 41.8 Å². The summed E-state index contributed by atoms with van der Waals surface area (Å²) in [5.74, 6) is 2.59. The minimum atomic E-state index is -0.329. The van der Waals surface area contributed by atoms with Crippen LogP contribution in [0.5, 0.6) is 5.75 Å². The Bertz CT molecular complexity index is 1240. The van der Waals surface area contributed by atoms with E-state index >= 15 is 0 Å². The average Bonchev–Trinajstić information content (AvgIpc) is 3.36. The van der Waals surface area contributed by atoms with Crippen molar-refractivity contribution in [3.8, 4) is 5.75 Å². The Morgan fingerprint density at radius 1 is 0.907 bits per heavy atom. The smallest absolute Gasteiger partial charge is 0.338 e. The zero-order valence-electron chi connectivity index (χ0n) is 27.6. The lowest BCUT2D eigenvalue weighted by atomic mass is 9.32. The molecule has 6 rings (SSSR count). The molecule has 10 atom stereocenters. The second kappa shape index (κ2) is 11.0. The zero-order chi connectivity index (χ0) is 31.6. The maximum atomic E-state index is 13.1. The van der Waals surface area contributed by atoms with E-state index in [-0.39, 0.29) is 44.9 Å². The third-order valence-electron chi connectivity index (χ3n) is 14.8. The van der Waals surface area contributed by atoms with Crippen molar-refractivity contribution in [1.29, 1.82) is 0 Å². The van der Waals surface area contributed by atoms with Gasteiger partial charge in [-0.2, -0.15) is 0 Å². The van der Waals surface area contributed by atoms with Crippen LogP contribution in [0, 0.1) is 56.7 Å². The van der Waals surface area contributed by atoms with E-state index in [2.05, 4.69) is 48.1 Å². The van der Waals surface area contributed by atoms with Gasteiger partial charge >= 0.3 is 5.97 Å². The third kappa shape index (κ3) is 4.65. The molecule has 0 radical (unpaired) electrons. The first-order chi connectivity index (χ1) is 20.2. The van der Waals surface area contributed by atoms with Gasteiger partial charge in [0.2, 0.25) is 0 Å². The number of carbonyl (C=O) groups is 2. The molecule has 5 heteroatoms. The molecule has 5 fully saturated rings. The van der Waals surface area contributed by atoms with Crippen LogP contribution in [-0.2, 0) is 9.53 Å². The Kier molecular flexibility index (Phi) is 8.28. The summed E-state index contributed by atoms with van der Waals surface area (Å²) in [6.45, 7) is 21.7. The van der Waals surface area contributed by atoms with Gasteiger partial charge in [0, 0.05) is 5.41 Å². The van der Waals surface area contributed by atoms with Crippen LogP contribution in [0.3, 0.4) is 0 Å². The third-order valence-corrected chi connectivity index (χ3v) is 14.8. The van der Waals surface area contributed by atoms with Gasteiger partial charge in [0.05, 0.1) is 18.3 Å². The van der Waals surface area contributed by atoms with Gasteiger partial charge in [0.25, 0.3) is 0 Å². The largest absolute Gasteiger partial charge is 0.508 e. The highest BCUT2D eigenvalue weighted by molar-refractivity contribution is 5.89. The van der Waals surface area contributed by atoms with E-state index in [1.807, 2.05) is 6.79 Å². The van der Waals surface area contributed by atoms with E-state index in [1.165, 1.54) is 43.7 Å².